The van der Waals surface area contributed by atoms with Crippen LogP contribution in [0.25, 0.3) is 0 Å². The molecular weight excluding hydrogens is 214 g/mol. The Balaban J connectivity index is 2.67. The molecule has 0 saturated heterocycles. The van der Waals surface area contributed by atoms with Crippen molar-refractivity contribution in [2.45, 2.75) is 4.90 Å². The van der Waals surface area contributed by atoms with Gasteiger partial charge in [0, 0.05) is 17.0 Å². The Kier molecular flexibility index (Phi) is 3.93. The third-order valence-electron chi connectivity index (χ3n) is 1.54. The quantitative estimate of drug-likeness (QED) is 0.538. The summed E-state index contributed by atoms with van der Waals surface area (Å²) in [5.41, 5.74) is 0.542. The summed E-state index contributed by atoms with van der Waals surface area (Å²) in [5, 5.41) is 10.8. The zero-order chi connectivity index (χ0) is 11.3. The Morgan fingerprint density at radius 2 is 1.93 bits per heavy atom. The smallest absolute Gasteiger partial charge is 0.328 e. The first-order valence-electron chi connectivity index (χ1n) is 4.09. The Morgan fingerprint density at radius 3 is 2.53 bits per heavy atom. The summed E-state index contributed by atoms with van der Waals surface area (Å²) in [6.07, 6.45) is 1.72. The van der Waals surface area contributed by atoms with E-state index in [4.69, 9.17) is 5.11 Å². The average Bonchev–Trinajstić information content (AvgIpc) is 2.18. The number of hydrogen-bond donors (Lipinski definition) is 3. The first-order valence-corrected chi connectivity index (χ1v) is 4.54. The highest BCUT2D eigenvalue weighted by Crippen LogP contribution is 2.18. The zero-order valence-corrected chi connectivity index (χ0v) is 8.57. The minimum Gasteiger partial charge on any atom is -0.478 e. The van der Waals surface area contributed by atoms with E-state index in [2.05, 4.69) is 17.9 Å². The lowest BCUT2D eigenvalue weighted by Crippen LogP contribution is -2.09. The lowest BCUT2D eigenvalue weighted by molar-refractivity contribution is -0.131. The molecular formula is C10H9NO3S. The van der Waals surface area contributed by atoms with Crippen molar-refractivity contribution in [3.63, 3.8) is 0 Å². The number of hydrogen-bond acceptors (Lipinski definition) is 3. The maximum Gasteiger partial charge on any atom is 0.328 e. The van der Waals surface area contributed by atoms with Crippen molar-refractivity contribution >= 4 is 30.2 Å². The molecule has 1 rings (SSSR count). The van der Waals surface area contributed by atoms with Crippen molar-refractivity contribution in [1.82, 2.24) is 0 Å². The summed E-state index contributed by atoms with van der Waals surface area (Å²) in [6.45, 7) is 0. The number of anilines is 1. The van der Waals surface area contributed by atoms with Crippen LogP contribution in [0.5, 0.6) is 0 Å². The van der Waals surface area contributed by atoms with Gasteiger partial charge in [0.15, 0.2) is 0 Å². The van der Waals surface area contributed by atoms with Crippen molar-refractivity contribution in [2.75, 3.05) is 5.32 Å². The Morgan fingerprint density at radius 1 is 1.27 bits per heavy atom. The van der Waals surface area contributed by atoms with E-state index in [9.17, 15) is 9.59 Å². The Hall–Kier alpha value is -1.75. The summed E-state index contributed by atoms with van der Waals surface area (Å²) in [5.74, 6) is -1.66. The summed E-state index contributed by atoms with van der Waals surface area (Å²) in [7, 11) is 0. The van der Waals surface area contributed by atoms with Gasteiger partial charge in [-0.05, 0) is 12.1 Å². The molecule has 0 unspecified atom stereocenters. The van der Waals surface area contributed by atoms with Crippen LogP contribution < -0.4 is 5.32 Å². The van der Waals surface area contributed by atoms with E-state index < -0.39 is 11.9 Å². The summed E-state index contributed by atoms with van der Waals surface area (Å²) >= 11 is 4.13. The van der Waals surface area contributed by atoms with Gasteiger partial charge < -0.3 is 10.4 Å². The number of carbonyl (C=O) groups excluding carboxylic acids is 1. The molecule has 0 aromatic heterocycles. The normalized spacial score (nSPS) is 10.2. The van der Waals surface area contributed by atoms with Crippen molar-refractivity contribution in [1.29, 1.82) is 0 Å². The monoisotopic (exact) mass is 223 g/mol. The Bertz CT molecular complexity index is 415. The third-order valence-corrected chi connectivity index (χ3v) is 1.93. The fourth-order valence-corrected chi connectivity index (χ4v) is 1.12. The number of carboxylic acids is 1. The highest BCUT2D eigenvalue weighted by atomic mass is 32.1. The standard InChI is InChI=1S/C10H9NO3S/c12-9(5-6-10(13)14)11-7-3-1-2-4-8(7)15/h1-6,15H,(H,11,12)(H,13,14). The molecule has 1 amide bonds. The number of carbonyl (C=O) groups is 2. The molecule has 0 bridgehead atoms. The molecule has 78 valence electrons. The first-order chi connectivity index (χ1) is 7.09. The molecule has 0 atom stereocenters. The molecule has 1 aromatic carbocycles. The first kappa shape index (κ1) is 11.3. The lowest BCUT2D eigenvalue weighted by Gasteiger charge is -2.03. The molecule has 0 aliphatic carbocycles. The molecule has 1 aromatic rings. The average molecular weight is 223 g/mol. The van der Waals surface area contributed by atoms with Gasteiger partial charge in [0.05, 0.1) is 5.69 Å². The molecule has 0 radical (unpaired) electrons. The molecule has 4 nitrogen and oxygen atoms in total. The highest BCUT2D eigenvalue weighted by molar-refractivity contribution is 7.80. The van der Waals surface area contributed by atoms with E-state index in [-0.39, 0.29) is 0 Å². The number of thiol groups is 1. The zero-order valence-electron chi connectivity index (χ0n) is 7.68. The summed E-state index contributed by atoms with van der Waals surface area (Å²) in [6, 6.07) is 6.93. The van der Waals surface area contributed by atoms with Gasteiger partial charge in [0.25, 0.3) is 0 Å². The van der Waals surface area contributed by atoms with Crippen molar-refractivity contribution in [3.05, 3.63) is 36.4 Å². The van der Waals surface area contributed by atoms with E-state index >= 15 is 0 Å². The van der Waals surface area contributed by atoms with E-state index in [0.717, 1.165) is 12.2 Å². The highest BCUT2D eigenvalue weighted by Gasteiger charge is 2.01. The van der Waals surface area contributed by atoms with Crippen LogP contribution in [0.1, 0.15) is 0 Å². The second-order valence-electron chi connectivity index (χ2n) is 2.68. The van der Waals surface area contributed by atoms with E-state index in [1.165, 1.54) is 0 Å². The number of amides is 1. The van der Waals surface area contributed by atoms with Crippen LogP contribution in [-0.4, -0.2) is 17.0 Å². The molecule has 0 aliphatic rings. The topological polar surface area (TPSA) is 66.4 Å². The van der Waals surface area contributed by atoms with Crippen LogP contribution in [0.2, 0.25) is 0 Å². The molecule has 0 aliphatic heterocycles. The van der Waals surface area contributed by atoms with Crippen molar-refractivity contribution in [2.24, 2.45) is 0 Å². The minimum atomic E-state index is -1.16. The summed E-state index contributed by atoms with van der Waals surface area (Å²) < 4.78 is 0. The van der Waals surface area contributed by atoms with Crippen LogP contribution in [0.3, 0.4) is 0 Å². The summed E-state index contributed by atoms with van der Waals surface area (Å²) in [4.78, 5) is 21.9. The van der Waals surface area contributed by atoms with Gasteiger partial charge in [-0.1, -0.05) is 12.1 Å². The van der Waals surface area contributed by atoms with Gasteiger partial charge in [-0.15, -0.1) is 12.6 Å². The van der Waals surface area contributed by atoms with Crippen molar-refractivity contribution in [3.8, 4) is 0 Å². The van der Waals surface area contributed by atoms with Gasteiger partial charge in [-0.2, -0.15) is 0 Å². The SMILES string of the molecule is O=C(O)C=CC(=O)Nc1ccccc1S. The van der Waals surface area contributed by atoms with Crippen LogP contribution in [0, 0.1) is 0 Å². The van der Waals surface area contributed by atoms with Crippen LogP contribution in [-0.2, 0) is 9.59 Å². The molecule has 15 heavy (non-hydrogen) atoms. The molecule has 0 heterocycles. The third kappa shape index (κ3) is 3.86. The van der Waals surface area contributed by atoms with Crippen LogP contribution >= 0.6 is 12.6 Å². The van der Waals surface area contributed by atoms with Gasteiger partial charge in [-0.25, -0.2) is 4.79 Å². The van der Waals surface area contributed by atoms with E-state index in [0.29, 0.717) is 10.6 Å². The molecule has 0 saturated carbocycles. The second-order valence-corrected chi connectivity index (χ2v) is 3.16. The van der Waals surface area contributed by atoms with Gasteiger partial charge in [-0.3, -0.25) is 4.79 Å². The number of benzene rings is 1. The van der Waals surface area contributed by atoms with Gasteiger partial charge in [0.1, 0.15) is 0 Å². The number of carboxylic acid groups (broad SMARTS) is 1. The van der Waals surface area contributed by atoms with Crippen molar-refractivity contribution < 1.29 is 14.7 Å². The maximum absolute atomic E-state index is 11.2. The lowest BCUT2D eigenvalue weighted by atomic mass is 10.3. The Labute approximate surface area is 92.0 Å². The van der Waals surface area contributed by atoms with Crippen LogP contribution in [0.4, 0.5) is 5.69 Å². The predicted octanol–water partition coefficient (Wildman–Crippen LogP) is 1.55. The van der Waals surface area contributed by atoms with Gasteiger partial charge >= 0.3 is 5.97 Å². The second kappa shape index (κ2) is 5.21. The largest absolute Gasteiger partial charge is 0.478 e. The fraction of sp³-hybridized carbons (Fsp3) is 0. The van der Waals surface area contributed by atoms with Gasteiger partial charge in [0.2, 0.25) is 5.91 Å². The molecule has 5 heteroatoms. The number of aliphatic carboxylic acids is 1. The molecule has 2 N–H and O–H groups in total. The van der Waals surface area contributed by atoms with E-state index in [1.807, 2.05) is 0 Å². The van der Waals surface area contributed by atoms with Crippen LogP contribution in [0.15, 0.2) is 41.3 Å². The van der Waals surface area contributed by atoms with E-state index in [1.54, 1.807) is 24.3 Å². The maximum atomic E-state index is 11.2. The number of nitrogens with one attached hydrogen (secondary N) is 1. The molecule has 0 spiro atoms. The molecule has 0 fully saturated rings. The minimum absolute atomic E-state index is 0.501. The fourth-order valence-electron chi connectivity index (χ4n) is 0.901. The predicted molar refractivity (Wildman–Crippen MR) is 59.1 cm³/mol. The number of rotatable bonds is 3. The number of para-hydroxylation sites is 1.